The molecule has 0 radical (unpaired) electrons. The molecule has 2 heterocycles. The van der Waals surface area contributed by atoms with E-state index in [1.54, 1.807) is 11.4 Å². The predicted molar refractivity (Wildman–Crippen MR) is 69.5 cm³/mol. The first-order valence-electron chi connectivity index (χ1n) is 5.93. The summed E-state index contributed by atoms with van der Waals surface area (Å²) in [5, 5.41) is 15.2. The molecule has 0 spiro atoms. The second-order valence-corrected chi connectivity index (χ2v) is 5.63. The number of thiophene rings is 1. The molecular formula is C12H18N2O3S. The molecule has 0 aromatic carbocycles. The number of hydrogen-bond donors (Lipinski definition) is 3. The molecule has 1 amide bonds. The summed E-state index contributed by atoms with van der Waals surface area (Å²) < 4.78 is 5.36. The normalized spacial score (nSPS) is 27.6. The van der Waals surface area contributed by atoms with Crippen molar-refractivity contribution < 1.29 is 14.6 Å². The monoisotopic (exact) mass is 270 g/mol. The van der Waals surface area contributed by atoms with Crippen molar-refractivity contribution in [2.45, 2.75) is 31.6 Å². The summed E-state index contributed by atoms with van der Waals surface area (Å²) in [6, 6.07) is 1.78. The Labute approximate surface area is 110 Å². The summed E-state index contributed by atoms with van der Waals surface area (Å²) in [4.78, 5) is 12.0. The number of nitrogens with two attached hydrogens (primary N) is 1. The van der Waals surface area contributed by atoms with Crippen molar-refractivity contribution in [2.75, 3.05) is 13.2 Å². The molecule has 0 saturated carbocycles. The summed E-state index contributed by atoms with van der Waals surface area (Å²) >= 11 is 1.48. The molecular weight excluding hydrogens is 252 g/mol. The van der Waals surface area contributed by atoms with Gasteiger partial charge in [-0.3, -0.25) is 4.79 Å². The van der Waals surface area contributed by atoms with Crippen molar-refractivity contribution in [2.24, 2.45) is 5.73 Å². The van der Waals surface area contributed by atoms with E-state index in [0.717, 1.165) is 4.88 Å². The van der Waals surface area contributed by atoms with Gasteiger partial charge < -0.3 is 20.9 Å². The summed E-state index contributed by atoms with van der Waals surface area (Å²) in [6.07, 6.45) is 0.507. The Bertz CT molecular complexity index is 435. The Morgan fingerprint density at radius 1 is 1.78 bits per heavy atom. The lowest BCUT2D eigenvalue weighted by atomic mass is 9.97. The van der Waals surface area contributed by atoms with E-state index in [1.807, 2.05) is 6.92 Å². The number of ether oxygens (including phenoxy) is 1. The second kappa shape index (κ2) is 5.36. The molecule has 0 aliphatic carbocycles. The summed E-state index contributed by atoms with van der Waals surface area (Å²) in [6.45, 7) is 3.58. The number of aliphatic hydroxyl groups is 1. The molecule has 1 aromatic heterocycles. The highest BCUT2D eigenvalue weighted by Crippen LogP contribution is 2.25. The molecule has 6 heteroatoms. The van der Waals surface area contributed by atoms with Crippen LogP contribution >= 0.6 is 11.3 Å². The Hall–Kier alpha value is -0.950. The number of carbonyl (C=O) groups excluding carboxylic acids is 1. The second-order valence-electron chi connectivity index (χ2n) is 4.64. The lowest BCUT2D eigenvalue weighted by Gasteiger charge is -2.26. The number of amides is 1. The quantitative estimate of drug-likeness (QED) is 0.726. The van der Waals surface area contributed by atoms with Crippen LogP contribution in [0.15, 0.2) is 11.4 Å². The maximum Gasteiger partial charge on any atom is 0.249 e. The van der Waals surface area contributed by atoms with E-state index in [9.17, 15) is 9.90 Å². The van der Waals surface area contributed by atoms with Crippen LogP contribution in [0, 0.1) is 0 Å². The standard InChI is InChI=1S/C12H18N2O3S/c1-8-12(16,2-3-17-8)7-14-5-10-4-9(6-18-10)11(13)15/h4,6,8,14,16H,2-3,5,7H2,1H3,(H2,13,15). The summed E-state index contributed by atoms with van der Waals surface area (Å²) in [7, 11) is 0. The highest BCUT2D eigenvalue weighted by molar-refractivity contribution is 7.10. The van der Waals surface area contributed by atoms with Gasteiger partial charge in [0.2, 0.25) is 5.91 Å². The molecule has 1 aromatic rings. The molecule has 5 nitrogen and oxygen atoms in total. The van der Waals surface area contributed by atoms with Crippen molar-refractivity contribution in [3.8, 4) is 0 Å². The third kappa shape index (κ3) is 2.89. The third-order valence-corrected chi connectivity index (χ3v) is 4.26. The van der Waals surface area contributed by atoms with E-state index in [4.69, 9.17) is 10.5 Å². The van der Waals surface area contributed by atoms with E-state index < -0.39 is 11.5 Å². The van der Waals surface area contributed by atoms with E-state index in [2.05, 4.69) is 5.32 Å². The van der Waals surface area contributed by atoms with Gasteiger partial charge in [0, 0.05) is 36.4 Å². The van der Waals surface area contributed by atoms with Crippen LogP contribution in [0.25, 0.3) is 0 Å². The van der Waals surface area contributed by atoms with Gasteiger partial charge in [0.25, 0.3) is 0 Å². The van der Waals surface area contributed by atoms with Crippen LogP contribution in [-0.4, -0.2) is 35.9 Å². The zero-order valence-corrected chi connectivity index (χ0v) is 11.1. The van der Waals surface area contributed by atoms with Crippen LogP contribution in [-0.2, 0) is 11.3 Å². The summed E-state index contributed by atoms with van der Waals surface area (Å²) in [5.74, 6) is -0.408. The van der Waals surface area contributed by atoms with Crippen LogP contribution in [0.5, 0.6) is 0 Å². The zero-order chi connectivity index (χ0) is 13.2. The lowest BCUT2D eigenvalue weighted by molar-refractivity contribution is -0.0262. The van der Waals surface area contributed by atoms with Crippen molar-refractivity contribution in [3.05, 3.63) is 21.9 Å². The molecule has 2 unspecified atom stereocenters. The van der Waals surface area contributed by atoms with Crippen molar-refractivity contribution in [1.29, 1.82) is 0 Å². The van der Waals surface area contributed by atoms with Crippen LogP contribution in [0.4, 0.5) is 0 Å². The Morgan fingerprint density at radius 2 is 2.56 bits per heavy atom. The maximum absolute atomic E-state index is 10.9. The molecule has 100 valence electrons. The first-order valence-corrected chi connectivity index (χ1v) is 6.81. The zero-order valence-electron chi connectivity index (χ0n) is 10.3. The van der Waals surface area contributed by atoms with Gasteiger partial charge in [-0.1, -0.05) is 0 Å². The van der Waals surface area contributed by atoms with Crippen molar-refractivity contribution in [3.63, 3.8) is 0 Å². The predicted octanol–water partition coefficient (Wildman–Crippen LogP) is 0.476. The number of hydrogen-bond acceptors (Lipinski definition) is 5. The number of primary amides is 1. The molecule has 1 fully saturated rings. The minimum atomic E-state index is -0.788. The topological polar surface area (TPSA) is 84.6 Å². The molecule has 2 atom stereocenters. The first-order chi connectivity index (χ1) is 8.51. The molecule has 2 rings (SSSR count). The molecule has 1 aliphatic heterocycles. The molecule has 1 aliphatic rings. The summed E-state index contributed by atoms with van der Waals surface area (Å²) in [5.41, 5.74) is 4.93. The maximum atomic E-state index is 10.9. The van der Waals surface area contributed by atoms with E-state index in [1.165, 1.54) is 11.3 Å². The van der Waals surface area contributed by atoms with Gasteiger partial charge in [-0.25, -0.2) is 0 Å². The van der Waals surface area contributed by atoms with Gasteiger partial charge in [-0.05, 0) is 13.0 Å². The van der Waals surface area contributed by atoms with Gasteiger partial charge in [-0.15, -0.1) is 11.3 Å². The molecule has 1 saturated heterocycles. The highest BCUT2D eigenvalue weighted by atomic mass is 32.1. The van der Waals surface area contributed by atoms with Crippen LogP contribution in [0.1, 0.15) is 28.6 Å². The van der Waals surface area contributed by atoms with Gasteiger partial charge >= 0.3 is 0 Å². The molecule has 18 heavy (non-hydrogen) atoms. The Kier molecular flexibility index (Phi) is 4.01. The third-order valence-electron chi connectivity index (χ3n) is 3.33. The first kappa shape index (κ1) is 13.5. The number of rotatable bonds is 5. The minimum absolute atomic E-state index is 0.144. The average molecular weight is 270 g/mol. The fourth-order valence-corrected chi connectivity index (χ4v) is 2.85. The van der Waals surface area contributed by atoms with Crippen molar-refractivity contribution in [1.82, 2.24) is 5.32 Å². The van der Waals surface area contributed by atoms with Crippen LogP contribution < -0.4 is 11.1 Å². The van der Waals surface area contributed by atoms with Gasteiger partial charge in [0.15, 0.2) is 0 Å². The number of carbonyl (C=O) groups is 1. The number of nitrogens with one attached hydrogen (secondary N) is 1. The molecule has 4 N–H and O–H groups in total. The fourth-order valence-electron chi connectivity index (χ4n) is 2.01. The van der Waals surface area contributed by atoms with Gasteiger partial charge in [-0.2, -0.15) is 0 Å². The van der Waals surface area contributed by atoms with Crippen LogP contribution in [0.2, 0.25) is 0 Å². The fraction of sp³-hybridized carbons (Fsp3) is 0.583. The van der Waals surface area contributed by atoms with Gasteiger partial charge in [0.1, 0.15) is 5.60 Å². The van der Waals surface area contributed by atoms with E-state index in [0.29, 0.717) is 31.7 Å². The minimum Gasteiger partial charge on any atom is -0.386 e. The van der Waals surface area contributed by atoms with Gasteiger partial charge in [0.05, 0.1) is 11.7 Å². The SMILES string of the molecule is CC1OCCC1(O)CNCc1cc(C(N)=O)cs1. The smallest absolute Gasteiger partial charge is 0.249 e. The van der Waals surface area contributed by atoms with E-state index >= 15 is 0 Å². The van der Waals surface area contributed by atoms with Crippen molar-refractivity contribution >= 4 is 17.2 Å². The molecule has 0 bridgehead atoms. The average Bonchev–Trinajstić information content (AvgIpc) is 2.88. The van der Waals surface area contributed by atoms with Crippen LogP contribution in [0.3, 0.4) is 0 Å². The lowest BCUT2D eigenvalue weighted by Crippen LogP contribution is -2.45. The van der Waals surface area contributed by atoms with E-state index in [-0.39, 0.29) is 6.10 Å². The largest absolute Gasteiger partial charge is 0.386 e. The Morgan fingerprint density at radius 3 is 3.11 bits per heavy atom. The Balaban J connectivity index is 1.83. The highest BCUT2D eigenvalue weighted by Gasteiger charge is 2.38.